The summed E-state index contributed by atoms with van der Waals surface area (Å²) in [7, 11) is 0. The van der Waals surface area contributed by atoms with E-state index < -0.39 is 96.4 Å². The number of carboxylic acids is 1. The van der Waals surface area contributed by atoms with Gasteiger partial charge in [-0.05, 0) is 77.3 Å². The van der Waals surface area contributed by atoms with Crippen molar-refractivity contribution in [2.24, 2.45) is 17.4 Å². The van der Waals surface area contributed by atoms with Crippen LogP contribution in [0.4, 0.5) is 0 Å². The molecule has 282 valence electrons. The molecule has 0 aliphatic carbocycles. The lowest BCUT2D eigenvalue weighted by Gasteiger charge is -2.28. The average Bonchev–Trinajstić information content (AvgIpc) is 3.03. The van der Waals surface area contributed by atoms with Gasteiger partial charge in [0.15, 0.2) is 0 Å². The molecule has 0 aromatic heterocycles. The summed E-state index contributed by atoms with van der Waals surface area (Å²) in [5, 5.41) is 43.4. The maximum absolute atomic E-state index is 13.5. The largest absolute Gasteiger partial charge is 0.480 e. The molecule has 0 bridgehead atoms. The first-order valence-electron chi connectivity index (χ1n) is 16.2. The molecule has 0 spiro atoms. The van der Waals surface area contributed by atoms with Crippen LogP contribution in [-0.2, 0) is 33.6 Å². The van der Waals surface area contributed by atoms with E-state index in [-0.39, 0.29) is 25.2 Å². The standard InChI is InChI=1S/C30H56N8O10S/c1-15(2)13-22(37-29(46)23(18(5)40)38-25(42)17(4)33-26(43)19(32)14-39)28(45)35-20(9-7-8-11-31)27(44)34-16(3)24(41)36-21(30(47)48)10-12-49-6/h15-23,39-40H,7-14,31-32H2,1-6H3,(H,33,43)(H,34,44)(H,35,45)(H,36,41)(H,37,46)(H,38,42)(H,47,48)/t16-,17-,18+,19-,20-,21-,22-,23-/m0/s1. The van der Waals surface area contributed by atoms with Crippen LogP contribution in [0.3, 0.4) is 0 Å². The average molecular weight is 721 g/mol. The second-order valence-electron chi connectivity index (χ2n) is 12.2. The third kappa shape index (κ3) is 17.6. The molecule has 18 nitrogen and oxygen atoms in total. The lowest BCUT2D eigenvalue weighted by molar-refractivity contribution is -0.142. The third-order valence-electron chi connectivity index (χ3n) is 7.25. The predicted octanol–water partition coefficient (Wildman–Crippen LogP) is -3.35. The number of unbranched alkanes of at least 4 members (excludes halogenated alkanes) is 1. The molecule has 0 unspecified atom stereocenters. The van der Waals surface area contributed by atoms with Gasteiger partial charge in [-0.25, -0.2) is 4.79 Å². The molecule has 0 aliphatic rings. The smallest absolute Gasteiger partial charge is 0.326 e. The molecular formula is C30H56N8O10S. The van der Waals surface area contributed by atoms with E-state index >= 15 is 0 Å². The van der Waals surface area contributed by atoms with Gasteiger partial charge in [0.05, 0.1) is 12.7 Å². The van der Waals surface area contributed by atoms with Crippen molar-refractivity contribution in [3.05, 3.63) is 0 Å². The Bertz CT molecular complexity index is 1110. The van der Waals surface area contributed by atoms with Crippen LogP contribution in [0.25, 0.3) is 0 Å². The zero-order chi connectivity index (χ0) is 37.8. The Morgan fingerprint density at radius 2 is 1.18 bits per heavy atom. The minimum Gasteiger partial charge on any atom is -0.480 e. The third-order valence-corrected chi connectivity index (χ3v) is 7.89. The number of amides is 6. The Kier molecular flexibility index (Phi) is 22.1. The van der Waals surface area contributed by atoms with Crippen LogP contribution in [0, 0.1) is 5.92 Å². The normalized spacial score (nSPS) is 16.1. The van der Waals surface area contributed by atoms with Crippen molar-refractivity contribution in [1.82, 2.24) is 31.9 Å². The number of carboxylic acid groups (broad SMARTS) is 1. The van der Waals surface area contributed by atoms with Crippen LogP contribution < -0.4 is 43.4 Å². The molecule has 0 rings (SSSR count). The number of hydrogen-bond donors (Lipinski definition) is 11. The van der Waals surface area contributed by atoms with Gasteiger partial charge < -0.3 is 58.7 Å². The molecule has 0 aromatic rings. The minimum atomic E-state index is -1.55. The molecule has 13 N–H and O–H groups in total. The Hall–Kier alpha value is -3.52. The molecule has 0 saturated carbocycles. The fourth-order valence-corrected chi connectivity index (χ4v) is 4.79. The second kappa shape index (κ2) is 23.8. The van der Waals surface area contributed by atoms with Crippen LogP contribution in [0.15, 0.2) is 0 Å². The molecule has 0 heterocycles. The van der Waals surface area contributed by atoms with Crippen molar-refractivity contribution < 1.29 is 48.9 Å². The molecule has 0 aliphatic heterocycles. The van der Waals surface area contributed by atoms with Gasteiger partial charge in [-0.3, -0.25) is 28.8 Å². The SMILES string of the molecule is CSCC[C@H](NC(=O)[C@H](C)NC(=O)[C@H](CCCCN)NC(=O)[C@H](CC(C)C)NC(=O)[C@@H](NC(=O)[C@H](C)NC(=O)[C@@H](N)CO)[C@@H](C)O)C(=O)O. The first-order valence-corrected chi connectivity index (χ1v) is 17.6. The fourth-order valence-electron chi connectivity index (χ4n) is 4.32. The van der Waals surface area contributed by atoms with Gasteiger partial charge in [-0.2, -0.15) is 11.8 Å². The van der Waals surface area contributed by atoms with E-state index in [1.165, 1.54) is 32.5 Å². The summed E-state index contributed by atoms with van der Waals surface area (Å²) in [6.07, 6.45) is 1.74. The topological polar surface area (TPSA) is 304 Å². The zero-order valence-electron chi connectivity index (χ0n) is 29.1. The molecule has 6 amide bonds. The number of thioether (sulfide) groups is 1. The molecule has 0 radical (unpaired) electrons. The Balaban J connectivity index is 5.84. The lowest BCUT2D eigenvalue weighted by Crippen LogP contribution is -2.61. The zero-order valence-corrected chi connectivity index (χ0v) is 29.9. The number of carbonyl (C=O) groups is 7. The summed E-state index contributed by atoms with van der Waals surface area (Å²) >= 11 is 1.42. The highest BCUT2D eigenvalue weighted by Crippen LogP contribution is 2.09. The van der Waals surface area contributed by atoms with Crippen LogP contribution in [0.2, 0.25) is 0 Å². The van der Waals surface area contributed by atoms with Crippen LogP contribution in [0.5, 0.6) is 0 Å². The van der Waals surface area contributed by atoms with Crippen molar-refractivity contribution in [3.63, 3.8) is 0 Å². The van der Waals surface area contributed by atoms with Gasteiger partial charge in [0.25, 0.3) is 0 Å². The first-order chi connectivity index (χ1) is 22.9. The minimum absolute atomic E-state index is 0.103. The van der Waals surface area contributed by atoms with Crippen molar-refractivity contribution in [2.75, 3.05) is 25.2 Å². The molecule has 49 heavy (non-hydrogen) atoms. The number of rotatable bonds is 24. The van der Waals surface area contributed by atoms with Gasteiger partial charge in [0.2, 0.25) is 35.4 Å². The number of aliphatic carboxylic acids is 1. The lowest BCUT2D eigenvalue weighted by atomic mass is 10.0. The van der Waals surface area contributed by atoms with Crippen molar-refractivity contribution in [2.45, 2.75) is 115 Å². The van der Waals surface area contributed by atoms with Crippen molar-refractivity contribution in [3.8, 4) is 0 Å². The van der Waals surface area contributed by atoms with Gasteiger partial charge in [0, 0.05) is 0 Å². The predicted molar refractivity (Wildman–Crippen MR) is 183 cm³/mol. The maximum atomic E-state index is 13.5. The number of nitrogens with one attached hydrogen (secondary N) is 6. The highest BCUT2D eigenvalue weighted by Gasteiger charge is 2.34. The Morgan fingerprint density at radius 1 is 0.673 bits per heavy atom. The fraction of sp³-hybridized carbons (Fsp3) is 0.767. The van der Waals surface area contributed by atoms with E-state index in [9.17, 15) is 43.8 Å². The van der Waals surface area contributed by atoms with Crippen molar-refractivity contribution >= 4 is 53.2 Å². The van der Waals surface area contributed by atoms with E-state index in [0.717, 1.165) is 0 Å². The summed E-state index contributed by atoms with van der Waals surface area (Å²) in [6, 6.07) is -8.70. The molecular weight excluding hydrogens is 664 g/mol. The van der Waals surface area contributed by atoms with Crippen LogP contribution in [-0.4, -0.2) is 130 Å². The van der Waals surface area contributed by atoms with Crippen LogP contribution >= 0.6 is 11.8 Å². The van der Waals surface area contributed by atoms with Gasteiger partial charge in [0.1, 0.15) is 42.3 Å². The molecule has 0 aromatic carbocycles. The summed E-state index contributed by atoms with van der Waals surface area (Å²) in [5.74, 6) is -5.63. The van der Waals surface area contributed by atoms with E-state index in [2.05, 4.69) is 31.9 Å². The number of carbonyl (C=O) groups excluding carboxylic acids is 6. The number of aliphatic hydroxyl groups is 2. The molecule has 19 heteroatoms. The van der Waals surface area contributed by atoms with Gasteiger partial charge in [-0.15, -0.1) is 0 Å². The van der Waals surface area contributed by atoms with E-state index in [1.54, 1.807) is 20.1 Å². The van der Waals surface area contributed by atoms with Crippen molar-refractivity contribution in [1.29, 1.82) is 0 Å². The molecule has 8 atom stereocenters. The number of hydrogen-bond acceptors (Lipinski definition) is 12. The Morgan fingerprint density at radius 3 is 1.67 bits per heavy atom. The van der Waals surface area contributed by atoms with Gasteiger partial charge >= 0.3 is 5.97 Å². The van der Waals surface area contributed by atoms with Crippen LogP contribution in [0.1, 0.15) is 66.7 Å². The second-order valence-corrected chi connectivity index (χ2v) is 13.2. The summed E-state index contributed by atoms with van der Waals surface area (Å²) < 4.78 is 0. The monoisotopic (exact) mass is 720 g/mol. The highest BCUT2D eigenvalue weighted by molar-refractivity contribution is 7.98. The van der Waals surface area contributed by atoms with E-state index in [1.807, 2.05) is 0 Å². The van der Waals surface area contributed by atoms with E-state index in [0.29, 0.717) is 25.1 Å². The summed E-state index contributed by atoms with van der Waals surface area (Å²) in [4.78, 5) is 89.0. The summed E-state index contributed by atoms with van der Waals surface area (Å²) in [6.45, 7) is 7.16. The highest BCUT2D eigenvalue weighted by atomic mass is 32.2. The van der Waals surface area contributed by atoms with E-state index in [4.69, 9.17) is 16.6 Å². The number of aliphatic hydroxyl groups excluding tert-OH is 2. The summed E-state index contributed by atoms with van der Waals surface area (Å²) in [5.41, 5.74) is 11.0. The van der Waals surface area contributed by atoms with Gasteiger partial charge in [-0.1, -0.05) is 13.8 Å². The molecule has 0 fully saturated rings. The Labute approximate surface area is 291 Å². The maximum Gasteiger partial charge on any atom is 0.326 e. The quantitative estimate of drug-likeness (QED) is 0.0435. The number of nitrogens with two attached hydrogens (primary N) is 2. The molecule has 0 saturated heterocycles. The first kappa shape index (κ1) is 45.5.